The lowest BCUT2D eigenvalue weighted by Gasteiger charge is -2.14. The van der Waals surface area contributed by atoms with Gasteiger partial charge in [0.05, 0.1) is 13.2 Å². The maximum atomic E-state index is 11.1. The summed E-state index contributed by atoms with van der Waals surface area (Å²) in [6, 6.07) is -1.18. The van der Waals surface area contributed by atoms with Gasteiger partial charge in [-0.1, -0.05) is 0 Å². The fraction of sp³-hybridized carbons (Fsp3) is 0.750. The lowest BCUT2D eigenvalue weighted by Crippen LogP contribution is -2.44. The van der Waals surface area contributed by atoms with Crippen molar-refractivity contribution in [3.63, 3.8) is 0 Å². The Hall–Kier alpha value is -0.520. The van der Waals surface area contributed by atoms with E-state index in [2.05, 4.69) is 9.47 Å². The van der Waals surface area contributed by atoms with Crippen LogP contribution in [0.1, 0.15) is 13.8 Å². The minimum atomic E-state index is -1.20. The SMILES string of the molecule is CCOC(=O)[C@@H](N)[C@@H](Cl)C(=O)OCC.Cl. The van der Waals surface area contributed by atoms with Gasteiger partial charge in [-0.15, -0.1) is 24.0 Å². The van der Waals surface area contributed by atoms with Crippen LogP contribution in [0.3, 0.4) is 0 Å². The van der Waals surface area contributed by atoms with Crippen molar-refractivity contribution in [1.29, 1.82) is 0 Å². The van der Waals surface area contributed by atoms with Crippen molar-refractivity contribution in [1.82, 2.24) is 0 Å². The van der Waals surface area contributed by atoms with E-state index in [9.17, 15) is 9.59 Å². The van der Waals surface area contributed by atoms with Crippen LogP contribution in [0.25, 0.3) is 0 Å². The first kappa shape index (κ1) is 16.9. The summed E-state index contributed by atoms with van der Waals surface area (Å²) in [7, 11) is 0. The van der Waals surface area contributed by atoms with E-state index in [-0.39, 0.29) is 25.6 Å². The molecule has 0 aromatic heterocycles. The molecule has 90 valence electrons. The summed E-state index contributed by atoms with van der Waals surface area (Å²) < 4.78 is 9.19. The van der Waals surface area contributed by atoms with Crippen LogP contribution in [-0.2, 0) is 19.1 Å². The van der Waals surface area contributed by atoms with Crippen LogP contribution >= 0.6 is 24.0 Å². The number of esters is 2. The fourth-order valence-corrected chi connectivity index (χ4v) is 0.892. The fourth-order valence-electron chi connectivity index (χ4n) is 0.726. The van der Waals surface area contributed by atoms with Gasteiger partial charge in [0.15, 0.2) is 5.38 Å². The first-order valence-corrected chi connectivity index (χ1v) is 4.71. The molecule has 0 heterocycles. The van der Waals surface area contributed by atoms with Gasteiger partial charge in [0.25, 0.3) is 0 Å². The second-order valence-corrected chi connectivity index (χ2v) is 2.90. The minimum absolute atomic E-state index is 0. The molecule has 0 bridgehead atoms. The number of carbonyl (C=O) groups is 2. The van der Waals surface area contributed by atoms with Crippen molar-refractivity contribution in [2.24, 2.45) is 5.73 Å². The van der Waals surface area contributed by atoms with E-state index in [1.807, 2.05) is 0 Å². The highest BCUT2D eigenvalue weighted by atomic mass is 35.5. The van der Waals surface area contributed by atoms with Gasteiger partial charge in [-0.05, 0) is 13.8 Å². The number of rotatable bonds is 5. The molecule has 5 nitrogen and oxygen atoms in total. The molecular formula is C8H15Cl2NO4. The van der Waals surface area contributed by atoms with Gasteiger partial charge < -0.3 is 15.2 Å². The zero-order valence-corrected chi connectivity index (χ0v) is 10.1. The minimum Gasteiger partial charge on any atom is -0.465 e. The molecule has 0 aliphatic rings. The molecule has 0 spiro atoms. The Bertz CT molecular complexity index is 191. The quantitative estimate of drug-likeness (QED) is 0.574. The summed E-state index contributed by atoms with van der Waals surface area (Å²) >= 11 is 5.59. The van der Waals surface area contributed by atoms with E-state index in [4.69, 9.17) is 17.3 Å². The molecule has 0 rings (SSSR count). The Morgan fingerprint density at radius 1 is 1.20 bits per heavy atom. The normalized spacial score (nSPS) is 13.3. The second-order valence-electron chi connectivity index (χ2n) is 2.43. The van der Waals surface area contributed by atoms with Gasteiger partial charge in [0.2, 0.25) is 0 Å². The summed E-state index contributed by atoms with van der Waals surface area (Å²) in [4.78, 5) is 22.1. The van der Waals surface area contributed by atoms with Gasteiger partial charge in [0.1, 0.15) is 6.04 Å². The number of nitrogens with two attached hydrogens (primary N) is 1. The summed E-state index contributed by atoms with van der Waals surface area (Å²) in [6.07, 6.45) is 0. The van der Waals surface area contributed by atoms with Crippen LogP contribution in [0.4, 0.5) is 0 Å². The molecule has 15 heavy (non-hydrogen) atoms. The highest BCUT2D eigenvalue weighted by Crippen LogP contribution is 2.05. The van der Waals surface area contributed by atoms with E-state index in [1.165, 1.54) is 0 Å². The van der Waals surface area contributed by atoms with Crippen molar-refractivity contribution in [2.45, 2.75) is 25.3 Å². The van der Waals surface area contributed by atoms with Crippen molar-refractivity contribution in [3.8, 4) is 0 Å². The predicted octanol–water partition coefficient (Wildman–Crippen LogP) is 0.469. The first-order chi connectivity index (χ1) is 6.54. The molecular weight excluding hydrogens is 245 g/mol. The number of halogens is 2. The highest BCUT2D eigenvalue weighted by Gasteiger charge is 2.30. The molecule has 0 aliphatic heterocycles. The van der Waals surface area contributed by atoms with Gasteiger partial charge >= 0.3 is 11.9 Å². The molecule has 0 aromatic carbocycles. The molecule has 0 saturated heterocycles. The summed E-state index contributed by atoms with van der Waals surface area (Å²) in [5.41, 5.74) is 5.37. The zero-order chi connectivity index (χ0) is 11.1. The average Bonchev–Trinajstić information content (AvgIpc) is 2.16. The largest absolute Gasteiger partial charge is 0.465 e. The number of hydrogen-bond donors (Lipinski definition) is 1. The molecule has 0 amide bonds. The average molecular weight is 260 g/mol. The smallest absolute Gasteiger partial charge is 0.326 e. The summed E-state index contributed by atoms with van der Waals surface area (Å²) in [6.45, 7) is 3.66. The first-order valence-electron chi connectivity index (χ1n) is 4.27. The van der Waals surface area contributed by atoms with Crippen molar-refractivity contribution in [3.05, 3.63) is 0 Å². The van der Waals surface area contributed by atoms with Crippen molar-refractivity contribution < 1.29 is 19.1 Å². The Morgan fingerprint density at radius 2 is 1.60 bits per heavy atom. The summed E-state index contributed by atoms with van der Waals surface area (Å²) in [5, 5.41) is -1.20. The third-order valence-electron chi connectivity index (χ3n) is 1.39. The lowest BCUT2D eigenvalue weighted by molar-refractivity contribution is -0.150. The van der Waals surface area contributed by atoms with E-state index in [0.29, 0.717) is 0 Å². The topological polar surface area (TPSA) is 78.6 Å². The number of hydrogen-bond acceptors (Lipinski definition) is 5. The van der Waals surface area contributed by atoms with Crippen LogP contribution in [0.2, 0.25) is 0 Å². The van der Waals surface area contributed by atoms with Crippen molar-refractivity contribution in [2.75, 3.05) is 13.2 Å². The third-order valence-corrected chi connectivity index (χ3v) is 1.84. The Balaban J connectivity index is 0. The van der Waals surface area contributed by atoms with Crippen LogP contribution in [0.5, 0.6) is 0 Å². The molecule has 0 radical (unpaired) electrons. The van der Waals surface area contributed by atoms with Gasteiger partial charge in [0, 0.05) is 0 Å². The molecule has 0 aromatic rings. The Morgan fingerprint density at radius 3 is 2.00 bits per heavy atom. The molecule has 0 aliphatic carbocycles. The standard InChI is InChI=1S/C8H14ClNO4.ClH/c1-3-13-7(11)5(9)6(10)8(12)14-4-2;/h5-6H,3-4,10H2,1-2H3;1H/t5-,6+;/m1./s1. The molecule has 2 N–H and O–H groups in total. The van der Waals surface area contributed by atoms with E-state index >= 15 is 0 Å². The van der Waals surface area contributed by atoms with E-state index in [1.54, 1.807) is 13.8 Å². The number of carbonyl (C=O) groups excluding carboxylic acids is 2. The Labute approximate surface area is 99.6 Å². The molecule has 0 saturated carbocycles. The molecule has 0 fully saturated rings. The molecule has 2 atom stereocenters. The number of alkyl halides is 1. The van der Waals surface area contributed by atoms with Crippen LogP contribution in [-0.4, -0.2) is 36.6 Å². The Kier molecular flexibility index (Phi) is 9.87. The molecule has 0 unspecified atom stereocenters. The number of ether oxygens (including phenoxy) is 2. The summed E-state index contributed by atoms with van der Waals surface area (Å²) in [5.74, 6) is -1.42. The predicted molar refractivity (Wildman–Crippen MR) is 58.1 cm³/mol. The van der Waals surface area contributed by atoms with Gasteiger partial charge in [-0.2, -0.15) is 0 Å². The third kappa shape index (κ3) is 5.81. The second kappa shape index (κ2) is 8.76. The van der Waals surface area contributed by atoms with Crippen LogP contribution < -0.4 is 5.73 Å². The van der Waals surface area contributed by atoms with Crippen LogP contribution in [0.15, 0.2) is 0 Å². The van der Waals surface area contributed by atoms with Gasteiger partial charge in [-0.3, -0.25) is 9.59 Å². The van der Waals surface area contributed by atoms with E-state index in [0.717, 1.165) is 0 Å². The maximum absolute atomic E-state index is 11.1. The monoisotopic (exact) mass is 259 g/mol. The van der Waals surface area contributed by atoms with Gasteiger partial charge in [-0.25, -0.2) is 0 Å². The lowest BCUT2D eigenvalue weighted by atomic mass is 10.2. The van der Waals surface area contributed by atoms with E-state index < -0.39 is 23.4 Å². The highest BCUT2D eigenvalue weighted by molar-refractivity contribution is 6.31. The zero-order valence-electron chi connectivity index (χ0n) is 8.57. The molecule has 7 heteroatoms. The maximum Gasteiger partial charge on any atom is 0.326 e. The van der Waals surface area contributed by atoms with Crippen LogP contribution in [0, 0.1) is 0 Å². The van der Waals surface area contributed by atoms with Crippen molar-refractivity contribution >= 4 is 35.9 Å².